The number of piperidine rings is 1. The van der Waals surface area contributed by atoms with Gasteiger partial charge < -0.3 is 9.80 Å². The van der Waals surface area contributed by atoms with Gasteiger partial charge in [0, 0.05) is 45.8 Å². The van der Waals surface area contributed by atoms with Crippen molar-refractivity contribution >= 4 is 11.6 Å². The second-order valence-corrected chi connectivity index (χ2v) is 7.05. The van der Waals surface area contributed by atoms with Gasteiger partial charge in [0.1, 0.15) is 0 Å². The van der Waals surface area contributed by atoms with Gasteiger partial charge in [0.05, 0.1) is 0 Å². The van der Waals surface area contributed by atoms with Crippen LogP contribution in [0.15, 0.2) is 42.5 Å². The molecule has 0 unspecified atom stereocenters. The lowest BCUT2D eigenvalue weighted by Gasteiger charge is -2.35. The SMILES string of the molecule is c1ccc(CN2CCN(c3ccc(N4CCCCC4)nn3)CC2)cc1. The zero-order valence-corrected chi connectivity index (χ0v) is 14.8. The normalized spacial score (nSPS) is 19.2. The summed E-state index contributed by atoms with van der Waals surface area (Å²) in [6.07, 6.45) is 3.88. The third-order valence-corrected chi connectivity index (χ3v) is 5.26. The molecule has 2 aromatic rings. The van der Waals surface area contributed by atoms with Crippen molar-refractivity contribution in [2.75, 3.05) is 49.1 Å². The maximum absolute atomic E-state index is 4.50. The van der Waals surface area contributed by atoms with E-state index in [4.69, 9.17) is 0 Å². The fourth-order valence-electron chi connectivity index (χ4n) is 3.76. The second-order valence-electron chi connectivity index (χ2n) is 7.05. The van der Waals surface area contributed by atoms with E-state index in [1.54, 1.807) is 0 Å². The van der Waals surface area contributed by atoms with Crippen LogP contribution in [-0.2, 0) is 6.54 Å². The monoisotopic (exact) mass is 337 g/mol. The Kier molecular flexibility index (Phi) is 5.11. The average molecular weight is 337 g/mol. The molecular formula is C20H27N5. The van der Waals surface area contributed by atoms with Crippen LogP contribution >= 0.6 is 0 Å². The van der Waals surface area contributed by atoms with Gasteiger partial charge in [-0.25, -0.2) is 0 Å². The summed E-state index contributed by atoms with van der Waals surface area (Å²) in [5.74, 6) is 2.05. The lowest BCUT2D eigenvalue weighted by Crippen LogP contribution is -2.46. The Morgan fingerprint density at radius 3 is 1.84 bits per heavy atom. The molecule has 2 fully saturated rings. The number of hydrogen-bond acceptors (Lipinski definition) is 5. The number of hydrogen-bond donors (Lipinski definition) is 0. The fraction of sp³-hybridized carbons (Fsp3) is 0.500. The van der Waals surface area contributed by atoms with Crippen molar-refractivity contribution in [3.8, 4) is 0 Å². The van der Waals surface area contributed by atoms with Gasteiger partial charge in [0.25, 0.3) is 0 Å². The van der Waals surface area contributed by atoms with Crippen molar-refractivity contribution in [1.29, 1.82) is 0 Å². The molecule has 4 rings (SSSR count). The van der Waals surface area contributed by atoms with Crippen LogP contribution in [0.5, 0.6) is 0 Å². The van der Waals surface area contributed by atoms with Crippen LogP contribution in [0.3, 0.4) is 0 Å². The zero-order chi connectivity index (χ0) is 16.9. The molecule has 5 nitrogen and oxygen atoms in total. The molecule has 0 atom stereocenters. The highest BCUT2D eigenvalue weighted by Crippen LogP contribution is 2.20. The van der Waals surface area contributed by atoms with E-state index in [2.05, 4.69) is 67.4 Å². The van der Waals surface area contributed by atoms with Gasteiger partial charge in [-0.05, 0) is 37.0 Å². The molecule has 0 radical (unpaired) electrons. The maximum Gasteiger partial charge on any atom is 0.151 e. The summed E-state index contributed by atoms with van der Waals surface area (Å²) in [6.45, 7) is 7.46. The summed E-state index contributed by atoms with van der Waals surface area (Å²) < 4.78 is 0. The Morgan fingerprint density at radius 2 is 1.24 bits per heavy atom. The van der Waals surface area contributed by atoms with Crippen molar-refractivity contribution in [1.82, 2.24) is 15.1 Å². The second kappa shape index (κ2) is 7.83. The van der Waals surface area contributed by atoms with Crippen molar-refractivity contribution in [2.24, 2.45) is 0 Å². The van der Waals surface area contributed by atoms with Crippen LogP contribution < -0.4 is 9.80 Å². The Bertz CT molecular complexity index is 644. The highest BCUT2D eigenvalue weighted by atomic mass is 15.3. The lowest BCUT2D eigenvalue weighted by atomic mass is 10.1. The molecule has 0 N–H and O–H groups in total. The van der Waals surface area contributed by atoms with Gasteiger partial charge in [-0.15, -0.1) is 10.2 Å². The third-order valence-electron chi connectivity index (χ3n) is 5.26. The molecule has 2 saturated heterocycles. The third kappa shape index (κ3) is 4.10. The number of benzene rings is 1. The highest BCUT2D eigenvalue weighted by Gasteiger charge is 2.19. The Labute approximate surface area is 150 Å². The van der Waals surface area contributed by atoms with Crippen molar-refractivity contribution < 1.29 is 0 Å². The largest absolute Gasteiger partial charge is 0.355 e. The molecule has 0 aliphatic carbocycles. The van der Waals surface area contributed by atoms with Crippen LogP contribution in [0.1, 0.15) is 24.8 Å². The predicted octanol–water partition coefficient (Wildman–Crippen LogP) is 2.79. The first kappa shape index (κ1) is 16.3. The minimum absolute atomic E-state index is 1.01. The summed E-state index contributed by atoms with van der Waals surface area (Å²) in [7, 11) is 0. The Morgan fingerprint density at radius 1 is 0.640 bits per heavy atom. The molecule has 3 heterocycles. The highest BCUT2D eigenvalue weighted by molar-refractivity contribution is 5.45. The molecule has 0 amide bonds. The first-order valence-electron chi connectivity index (χ1n) is 9.48. The van der Waals surface area contributed by atoms with Gasteiger partial charge in [0.15, 0.2) is 11.6 Å². The van der Waals surface area contributed by atoms with Gasteiger partial charge in [-0.3, -0.25) is 4.90 Å². The molecule has 1 aromatic heterocycles. The van der Waals surface area contributed by atoms with Gasteiger partial charge >= 0.3 is 0 Å². The van der Waals surface area contributed by atoms with E-state index < -0.39 is 0 Å². The fourth-order valence-corrected chi connectivity index (χ4v) is 3.76. The topological polar surface area (TPSA) is 35.5 Å². The van der Waals surface area contributed by atoms with E-state index in [0.717, 1.165) is 57.4 Å². The molecule has 0 spiro atoms. The molecule has 132 valence electrons. The molecule has 0 saturated carbocycles. The van der Waals surface area contributed by atoms with E-state index in [-0.39, 0.29) is 0 Å². The maximum atomic E-state index is 4.50. The molecule has 2 aliphatic rings. The van der Waals surface area contributed by atoms with Crippen molar-refractivity contribution in [3.63, 3.8) is 0 Å². The van der Waals surface area contributed by atoms with Gasteiger partial charge in [-0.2, -0.15) is 0 Å². The van der Waals surface area contributed by atoms with E-state index in [1.165, 1.54) is 24.8 Å². The molecule has 1 aromatic carbocycles. The molecular weight excluding hydrogens is 310 g/mol. The standard InChI is InChI=1S/C20H27N5/c1-3-7-18(8-4-1)17-23-13-15-25(16-14-23)20-10-9-19(21-22-20)24-11-5-2-6-12-24/h1,3-4,7-10H,2,5-6,11-17H2. The average Bonchev–Trinajstić information content (AvgIpc) is 2.70. The summed E-state index contributed by atoms with van der Waals surface area (Å²) in [5.41, 5.74) is 1.39. The number of aromatic nitrogens is 2. The van der Waals surface area contributed by atoms with E-state index in [9.17, 15) is 0 Å². The smallest absolute Gasteiger partial charge is 0.151 e. The van der Waals surface area contributed by atoms with Crippen LogP contribution in [0.25, 0.3) is 0 Å². The van der Waals surface area contributed by atoms with Crippen LogP contribution in [0.2, 0.25) is 0 Å². The minimum atomic E-state index is 1.01. The van der Waals surface area contributed by atoms with Crippen LogP contribution in [-0.4, -0.2) is 54.4 Å². The summed E-state index contributed by atoms with van der Waals surface area (Å²) >= 11 is 0. The quantitative estimate of drug-likeness (QED) is 0.857. The molecule has 25 heavy (non-hydrogen) atoms. The lowest BCUT2D eigenvalue weighted by molar-refractivity contribution is 0.249. The van der Waals surface area contributed by atoms with E-state index >= 15 is 0 Å². The minimum Gasteiger partial charge on any atom is -0.355 e. The van der Waals surface area contributed by atoms with Gasteiger partial charge in [0.2, 0.25) is 0 Å². The number of anilines is 2. The van der Waals surface area contributed by atoms with E-state index in [1.807, 2.05) is 0 Å². The summed E-state index contributed by atoms with van der Waals surface area (Å²) in [4.78, 5) is 7.23. The first-order valence-corrected chi connectivity index (χ1v) is 9.48. The Hall–Kier alpha value is -2.14. The summed E-state index contributed by atoms with van der Waals surface area (Å²) in [6, 6.07) is 15.0. The van der Waals surface area contributed by atoms with Crippen LogP contribution in [0.4, 0.5) is 11.6 Å². The molecule has 0 bridgehead atoms. The molecule has 2 aliphatic heterocycles. The van der Waals surface area contributed by atoms with Gasteiger partial charge in [-0.1, -0.05) is 30.3 Å². The van der Waals surface area contributed by atoms with E-state index in [0.29, 0.717) is 0 Å². The zero-order valence-electron chi connectivity index (χ0n) is 14.8. The number of piperazine rings is 1. The first-order chi connectivity index (χ1) is 12.4. The number of nitrogens with zero attached hydrogens (tertiary/aromatic N) is 5. The summed E-state index contributed by atoms with van der Waals surface area (Å²) in [5, 5.41) is 8.99. The molecule has 5 heteroatoms. The van der Waals surface area contributed by atoms with Crippen molar-refractivity contribution in [3.05, 3.63) is 48.0 Å². The van der Waals surface area contributed by atoms with Crippen LogP contribution in [0, 0.1) is 0 Å². The predicted molar refractivity (Wildman–Crippen MR) is 102 cm³/mol. The van der Waals surface area contributed by atoms with Crippen molar-refractivity contribution in [2.45, 2.75) is 25.8 Å². The Balaban J connectivity index is 1.31. The number of rotatable bonds is 4.